The number of nitro groups is 1. The fourth-order valence-electron chi connectivity index (χ4n) is 2.77. The highest BCUT2D eigenvalue weighted by molar-refractivity contribution is 7.13. The van der Waals surface area contributed by atoms with Gasteiger partial charge in [0.2, 0.25) is 0 Å². The Balaban J connectivity index is 1.56. The monoisotopic (exact) mass is 436 g/mol. The minimum absolute atomic E-state index is 0.0224. The van der Waals surface area contributed by atoms with Crippen LogP contribution in [-0.4, -0.2) is 20.8 Å². The largest absolute Gasteiger partial charge is 0.322 e. The molecule has 0 atom stereocenters. The van der Waals surface area contributed by atoms with Crippen LogP contribution >= 0.6 is 22.9 Å². The summed E-state index contributed by atoms with van der Waals surface area (Å²) in [6.45, 7) is 0. The lowest BCUT2D eigenvalue weighted by molar-refractivity contribution is -0.384. The summed E-state index contributed by atoms with van der Waals surface area (Å²) < 4.78 is 0. The molecule has 9 heteroatoms. The van der Waals surface area contributed by atoms with Crippen molar-refractivity contribution in [1.29, 1.82) is 0 Å². The van der Waals surface area contributed by atoms with Crippen LogP contribution in [0.5, 0.6) is 0 Å². The molecule has 0 aliphatic carbocycles. The maximum Gasteiger partial charge on any atom is 0.288 e. The maximum absolute atomic E-state index is 12.5. The summed E-state index contributed by atoms with van der Waals surface area (Å²) in [4.78, 5) is 31.9. The summed E-state index contributed by atoms with van der Waals surface area (Å²) in [6.07, 6.45) is 1.72. The summed E-state index contributed by atoms with van der Waals surface area (Å²) in [5, 5.41) is 16.5. The zero-order chi connectivity index (χ0) is 21.1. The molecule has 0 spiro atoms. The number of carbonyl (C=O) groups is 1. The molecule has 7 nitrogen and oxygen atoms in total. The Morgan fingerprint density at radius 2 is 1.93 bits per heavy atom. The van der Waals surface area contributed by atoms with Gasteiger partial charge in [-0.2, -0.15) is 0 Å². The second-order valence-electron chi connectivity index (χ2n) is 6.21. The van der Waals surface area contributed by atoms with Crippen LogP contribution in [0.3, 0.4) is 0 Å². The summed E-state index contributed by atoms with van der Waals surface area (Å²) in [7, 11) is 0. The molecule has 0 aliphatic heterocycles. The van der Waals surface area contributed by atoms with Crippen molar-refractivity contribution in [2.45, 2.75) is 0 Å². The van der Waals surface area contributed by atoms with Crippen molar-refractivity contribution in [3.05, 3.63) is 92.9 Å². The lowest BCUT2D eigenvalue weighted by Crippen LogP contribution is -2.12. The summed E-state index contributed by atoms with van der Waals surface area (Å²) in [6, 6.07) is 16.8. The molecule has 0 radical (unpaired) electrons. The van der Waals surface area contributed by atoms with Crippen LogP contribution in [0.4, 0.5) is 11.4 Å². The van der Waals surface area contributed by atoms with Gasteiger partial charge in [-0.15, -0.1) is 11.3 Å². The predicted molar refractivity (Wildman–Crippen MR) is 117 cm³/mol. The van der Waals surface area contributed by atoms with Gasteiger partial charge in [-0.3, -0.25) is 19.9 Å². The number of aromatic nitrogens is 2. The molecule has 0 saturated carbocycles. The SMILES string of the molecule is O=C(Nc1cccc(-c2csc(-c3ccccn3)n2)c1)c1ccc(Cl)c([N+](=O)[O-])c1. The van der Waals surface area contributed by atoms with Gasteiger partial charge >= 0.3 is 0 Å². The minimum Gasteiger partial charge on any atom is -0.322 e. The molecule has 1 amide bonds. The molecule has 1 N–H and O–H groups in total. The third kappa shape index (κ3) is 4.19. The average molecular weight is 437 g/mol. The van der Waals surface area contributed by atoms with E-state index in [0.29, 0.717) is 5.69 Å². The van der Waals surface area contributed by atoms with Crippen molar-refractivity contribution >= 4 is 40.2 Å². The second kappa shape index (κ2) is 8.40. The van der Waals surface area contributed by atoms with Gasteiger partial charge in [0.05, 0.1) is 16.3 Å². The lowest BCUT2D eigenvalue weighted by atomic mass is 10.1. The van der Waals surface area contributed by atoms with Crippen molar-refractivity contribution in [3.63, 3.8) is 0 Å². The molecule has 0 unspecified atom stereocenters. The number of rotatable bonds is 5. The molecular formula is C21H13ClN4O3S. The molecule has 4 aromatic rings. The zero-order valence-corrected chi connectivity index (χ0v) is 16.9. The number of nitro benzene ring substituents is 1. The molecule has 4 rings (SSSR count). The predicted octanol–water partition coefficient (Wildman–Crippen LogP) is 5.69. The van der Waals surface area contributed by atoms with Gasteiger partial charge in [0.15, 0.2) is 0 Å². The average Bonchev–Trinajstić information content (AvgIpc) is 3.25. The molecule has 0 aliphatic rings. The first-order valence-corrected chi connectivity index (χ1v) is 10.00. The second-order valence-corrected chi connectivity index (χ2v) is 7.48. The van der Waals surface area contributed by atoms with Crippen LogP contribution in [0.1, 0.15) is 10.4 Å². The highest BCUT2D eigenvalue weighted by Crippen LogP contribution is 2.29. The number of thiazole rings is 1. The topological polar surface area (TPSA) is 98.0 Å². The molecule has 2 aromatic carbocycles. The van der Waals surface area contributed by atoms with Crippen LogP contribution < -0.4 is 5.32 Å². The van der Waals surface area contributed by atoms with Crippen LogP contribution in [0.2, 0.25) is 5.02 Å². The number of carbonyl (C=O) groups excluding carboxylic acids is 1. The molecule has 2 aromatic heterocycles. The molecular weight excluding hydrogens is 424 g/mol. The van der Waals surface area contributed by atoms with Gasteiger partial charge in [0, 0.05) is 34.5 Å². The number of pyridine rings is 1. The highest BCUT2D eigenvalue weighted by Gasteiger charge is 2.16. The minimum atomic E-state index is -0.624. The summed E-state index contributed by atoms with van der Waals surface area (Å²) in [5.41, 5.74) is 2.75. The van der Waals surface area contributed by atoms with E-state index >= 15 is 0 Å². The third-order valence-electron chi connectivity index (χ3n) is 4.21. The number of amides is 1. The number of hydrogen-bond donors (Lipinski definition) is 1. The van der Waals surface area contributed by atoms with Gasteiger partial charge in [-0.1, -0.05) is 29.8 Å². The van der Waals surface area contributed by atoms with Crippen LogP contribution in [0.25, 0.3) is 22.0 Å². The maximum atomic E-state index is 12.5. The summed E-state index contributed by atoms with van der Waals surface area (Å²) in [5.74, 6) is -0.473. The van der Waals surface area contributed by atoms with E-state index < -0.39 is 10.8 Å². The number of anilines is 1. The van der Waals surface area contributed by atoms with Gasteiger partial charge in [-0.05, 0) is 36.4 Å². The molecule has 2 heterocycles. The van der Waals surface area contributed by atoms with Gasteiger partial charge in [-0.25, -0.2) is 4.98 Å². The lowest BCUT2D eigenvalue weighted by Gasteiger charge is -2.07. The molecule has 30 heavy (non-hydrogen) atoms. The normalized spacial score (nSPS) is 10.6. The highest BCUT2D eigenvalue weighted by atomic mass is 35.5. The fraction of sp³-hybridized carbons (Fsp3) is 0. The Bertz CT molecular complexity index is 1240. The molecule has 148 valence electrons. The van der Waals surface area contributed by atoms with Crippen LogP contribution in [0.15, 0.2) is 72.2 Å². The Morgan fingerprint density at radius 3 is 2.70 bits per heavy atom. The number of nitrogens with zero attached hydrogens (tertiary/aromatic N) is 3. The quantitative estimate of drug-likeness (QED) is 0.320. The fourth-order valence-corrected chi connectivity index (χ4v) is 3.76. The molecule has 0 saturated heterocycles. The van der Waals surface area contributed by atoms with Gasteiger partial charge < -0.3 is 5.32 Å². The van der Waals surface area contributed by atoms with Crippen molar-refractivity contribution in [3.8, 4) is 22.0 Å². The smallest absolute Gasteiger partial charge is 0.288 e. The first-order chi connectivity index (χ1) is 14.5. The van der Waals surface area contributed by atoms with E-state index in [-0.39, 0.29) is 16.3 Å². The number of benzene rings is 2. The van der Waals surface area contributed by atoms with E-state index in [0.717, 1.165) is 28.0 Å². The van der Waals surface area contributed by atoms with Crippen molar-refractivity contribution in [1.82, 2.24) is 9.97 Å². The zero-order valence-electron chi connectivity index (χ0n) is 15.3. The Labute approximate surface area is 180 Å². The van der Waals surface area contributed by atoms with E-state index in [4.69, 9.17) is 11.6 Å². The van der Waals surface area contributed by atoms with Crippen LogP contribution in [0, 0.1) is 10.1 Å². The molecule has 0 fully saturated rings. The number of halogens is 1. The Hall–Kier alpha value is -3.62. The Morgan fingerprint density at radius 1 is 1.07 bits per heavy atom. The standard InChI is InChI=1S/C21H13ClN4O3S/c22-16-8-7-14(11-19(16)26(28)29)20(27)24-15-5-3-4-13(10-15)18-12-30-21(25-18)17-6-1-2-9-23-17/h1-12H,(H,24,27). The van der Waals surface area contributed by atoms with Gasteiger partial charge in [0.1, 0.15) is 10.0 Å². The van der Waals surface area contributed by atoms with Crippen molar-refractivity contribution in [2.24, 2.45) is 0 Å². The van der Waals surface area contributed by atoms with E-state index in [1.165, 1.54) is 23.5 Å². The van der Waals surface area contributed by atoms with E-state index in [1.54, 1.807) is 24.4 Å². The summed E-state index contributed by atoms with van der Waals surface area (Å²) >= 11 is 7.29. The number of hydrogen-bond acceptors (Lipinski definition) is 6. The first kappa shape index (κ1) is 19.7. The Kier molecular flexibility index (Phi) is 5.51. The first-order valence-electron chi connectivity index (χ1n) is 8.74. The van der Waals surface area contributed by atoms with Crippen LogP contribution in [-0.2, 0) is 0 Å². The molecule has 0 bridgehead atoms. The van der Waals surface area contributed by atoms with Crippen molar-refractivity contribution < 1.29 is 9.72 Å². The van der Waals surface area contributed by atoms with Crippen molar-refractivity contribution in [2.75, 3.05) is 5.32 Å². The van der Waals surface area contributed by atoms with E-state index in [2.05, 4.69) is 15.3 Å². The van der Waals surface area contributed by atoms with E-state index in [1.807, 2.05) is 29.6 Å². The van der Waals surface area contributed by atoms with Gasteiger partial charge in [0.25, 0.3) is 11.6 Å². The third-order valence-corrected chi connectivity index (χ3v) is 5.39. The number of nitrogens with one attached hydrogen (secondary N) is 1. The van der Waals surface area contributed by atoms with E-state index in [9.17, 15) is 14.9 Å².